The van der Waals surface area contributed by atoms with Crippen molar-refractivity contribution >= 4 is 59.3 Å². The summed E-state index contributed by atoms with van der Waals surface area (Å²) in [6, 6.07) is 87.4. The van der Waals surface area contributed by atoms with Gasteiger partial charge in [0.05, 0.1) is 11.1 Å². The summed E-state index contributed by atoms with van der Waals surface area (Å²) in [5.41, 5.74) is 15.3. The quantitative estimate of drug-likeness (QED) is 0.155. The number of hydrogen-bond acceptors (Lipinski definition) is 2. The number of fused-ring (bicyclic) bond motifs is 7. The number of anilines is 3. The van der Waals surface area contributed by atoms with Gasteiger partial charge in [-0.3, -0.25) is 0 Å². The van der Waals surface area contributed by atoms with Crippen molar-refractivity contribution in [3.05, 3.63) is 259 Å². The van der Waals surface area contributed by atoms with Crippen LogP contribution in [0, 0.1) is 0 Å². The van der Waals surface area contributed by atoms with Crippen LogP contribution in [0.1, 0.15) is 22.3 Å². The molecule has 0 N–H and O–H groups in total. The van der Waals surface area contributed by atoms with Crippen LogP contribution in [0.15, 0.2) is 237 Å². The second-order valence-corrected chi connectivity index (χ2v) is 17.1. The Hall–Kier alpha value is -7.52. The molecule has 1 nitrogen and oxygen atoms in total. The minimum absolute atomic E-state index is 0.514. The number of rotatable bonds is 7. The fourth-order valence-corrected chi connectivity index (χ4v) is 11.2. The fourth-order valence-electron chi connectivity index (χ4n) is 10.1. The molecule has 0 fully saturated rings. The van der Waals surface area contributed by atoms with Gasteiger partial charge in [-0.1, -0.05) is 194 Å². The van der Waals surface area contributed by atoms with Crippen molar-refractivity contribution in [1.82, 2.24) is 0 Å². The van der Waals surface area contributed by atoms with E-state index in [1.165, 1.54) is 86.6 Å². The number of nitrogens with zero attached hydrogens (tertiary/aromatic N) is 1. The molecule has 0 saturated carbocycles. The van der Waals surface area contributed by atoms with Crippen molar-refractivity contribution < 1.29 is 0 Å². The summed E-state index contributed by atoms with van der Waals surface area (Å²) in [6.45, 7) is 0. The molecule has 12 rings (SSSR count). The standard InChI is InChI=1S/C59H39NS/c1-3-18-43(19-4-1)59(44-20-5-2-6-21-44)54-27-12-9-24-50(54)51-37-35-46(39-55(51)59)60(45-33-30-41(31-34-45)48-26-15-17-40-16-7-8-22-47(40)48)56-28-13-10-23-49(56)42-32-36-53-52-25-11-14-29-57(52)61-58(53)38-42/h1-39H. The molecule has 0 amide bonds. The van der Waals surface area contributed by atoms with E-state index in [1.807, 2.05) is 11.3 Å². The summed E-state index contributed by atoms with van der Waals surface area (Å²) >= 11 is 1.87. The number of benzene rings is 10. The topological polar surface area (TPSA) is 3.24 Å². The van der Waals surface area contributed by atoms with Gasteiger partial charge in [0.25, 0.3) is 0 Å². The Bertz CT molecular complexity index is 3370. The molecule has 1 heterocycles. The molecule has 0 radical (unpaired) electrons. The first-order chi connectivity index (χ1) is 30.3. The average Bonchev–Trinajstić information content (AvgIpc) is 3.86. The molecule has 0 spiro atoms. The van der Waals surface area contributed by atoms with E-state index in [9.17, 15) is 0 Å². The highest BCUT2D eigenvalue weighted by molar-refractivity contribution is 7.25. The van der Waals surface area contributed by atoms with E-state index in [-0.39, 0.29) is 0 Å². The summed E-state index contributed by atoms with van der Waals surface area (Å²) < 4.78 is 2.61. The maximum Gasteiger partial charge on any atom is 0.0714 e. The lowest BCUT2D eigenvalue weighted by atomic mass is 9.67. The summed E-state index contributed by atoms with van der Waals surface area (Å²) in [5.74, 6) is 0. The van der Waals surface area contributed by atoms with Crippen LogP contribution >= 0.6 is 11.3 Å². The highest BCUT2D eigenvalue weighted by atomic mass is 32.1. The summed E-state index contributed by atoms with van der Waals surface area (Å²) in [4.78, 5) is 2.47. The second-order valence-electron chi connectivity index (χ2n) is 16.0. The molecular weight excluding hydrogens is 755 g/mol. The summed E-state index contributed by atoms with van der Waals surface area (Å²) in [6.07, 6.45) is 0. The first kappa shape index (κ1) is 35.4. The Morgan fingerprint density at radius 2 is 0.902 bits per heavy atom. The molecule has 1 aliphatic rings. The number of thiophene rings is 1. The molecule has 11 aromatic rings. The zero-order valence-electron chi connectivity index (χ0n) is 33.4. The Morgan fingerprint density at radius 3 is 1.70 bits per heavy atom. The minimum atomic E-state index is -0.514. The molecule has 0 bridgehead atoms. The van der Waals surface area contributed by atoms with Gasteiger partial charge in [0, 0.05) is 37.1 Å². The average molecular weight is 794 g/mol. The summed E-state index contributed by atoms with van der Waals surface area (Å²) in [5, 5.41) is 5.12. The first-order valence-electron chi connectivity index (χ1n) is 21.0. The van der Waals surface area contributed by atoms with Crippen molar-refractivity contribution in [3.63, 3.8) is 0 Å². The third-order valence-corrected chi connectivity index (χ3v) is 13.9. The van der Waals surface area contributed by atoms with E-state index in [4.69, 9.17) is 0 Å². The lowest BCUT2D eigenvalue weighted by Crippen LogP contribution is -2.28. The maximum absolute atomic E-state index is 2.47. The van der Waals surface area contributed by atoms with Crippen molar-refractivity contribution in [3.8, 4) is 33.4 Å². The minimum Gasteiger partial charge on any atom is -0.310 e. The molecule has 0 saturated heterocycles. The van der Waals surface area contributed by atoms with Gasteiger partial charge in [-0.15, -0.1) is 11.3 Å². The molecule has 0 atom stereocenters. The van der Waals surface area contributed by atoms with Gasteiger partial charge >= 0.3 is 0 Å². The lowest BCUT2D eigenvalue weighted by Gasteiger charge is -2.35. The normalized spacial score (nSPS) is 12.7. The predicted octanol–water partition coefficient (Wildman–Crippen LogP) is 16.4. The van der Waals surface area contributed by atoms with Crippen molar-refractivity contribution in [2.45, 2.75) is 5.41 Å². The smallest absolute Gasteiger partial charge is 0.0714 e. The van der Waals surface area contributed by atoms with Crippen LogP contribution in [0.25, 0.3) is 64.3 Å². The Kier molecular flexibility index (Phi) is 8.33. The Balaban J connectivity index is 1.09. The second kappa shape index (κ2) is 14.3. The monoisotopic (exact) mass is 793 g/mol. The van der Waals surface area contributed by atoms with Crippen molar-refractivity contribution in [2.24, 2.45) is 0 Å². The molecule has 61 heavy (non-hydrogen) atoms. The fraction of sp³-hybridized carbons (Fsp3) is 0.0169. The van der Waals surface area contributed by atoms with E-state index in [2.05, 4.69) is 241 Å². The lowest BCUT2D eigenvalue weighted by molar-refractivity contribution is 0.768. The zero-order chi connectivity index (χ0) is 40.3. The van der Waals surface area contributed by atoms with Gasteiger partial charge in [0.15, 0.2) is 0 Å². The number of hydrogen-bond donors (Lipinski definition) is 0. The first-order valence-corrected chi connectivity index (χ1v) is 21.8. The van der Waals surface area contributed by atoms with Crippen molar-refractivity contribution in [1.29, 1.82) is 0 Å². The van der Waals surface area contributed by atoms with Crippen LogP contribution in [0.5, 0.6) is 0 Å². The third kappa shape index (κ3) is 5.60. The van der Waals surface area contributed by atoms with Crippen molar-refractivity contribution in [2.75, 3.05) is 4.90 Å². The van der Waals surface area contributed by atoms with Crippen LogP contribution in [0.3, 0.4) is 0 Å². The molecule has 10 aromatic carbocycles. The molecular formula is C59H39NS. The Morgan fingerprint density at radius 1 is 0.328 bits per heavy atom. The van der Waals surface area contributed by atoms with Crippen LogP contribution in [-0.4, -0.2) is 0 Å². The summed E-state index contributed by atoms with van der Waals surface area (Å²) in [7, 11) is 0. The third-order valence-electron chi connectivity index (χ3n) is 12.8. The van der Waals surface area contributed by atoms with Crippen LogP contribution in [0.2, 0.25) is 0 Å². The van der Waals surface area contributed by atoms with E-state index in [0.29, 0.717) is 0 Å². The molecule has 2 heteroatoms. The molecule has 0 aliphatic heterocycles. The molecule has 1 aromatic heterocycles. The van der Waals surface area contributed by atoms with E-state index >= 15 is 0 Å². The van der Waals surface area contributed by atoms with Gasteiger partial charge < -0.3 is 4.90 Å². The predicted molar refractivity (Wildman–Crippen MR) is 260 cm³/mol. The molecule has 286 valence electrons. The highest BCUT2D eigenvalue weighted by Crippen LogP contribution is 2.57. The highest BCUT2D eigenvalue weighted by Gasteiger charge is 2.46. The van der Waals surface area contributed by atoms with E-state index in [1.54, 1.807) is 0 Å². The van der Waals surface area contributed by atoms with Gasteiger partial charge in [-0.25, -0.2) is 0 Å². The Labute approximate surface area is 360 Å². The van der Waals surface area contributed by atoms with Gasteiger partial charge in [-0.2, -0.15) is 0 Å². The zero-order valence-corrected chi connectivity index (χ0v) is 34.2. The van der Waals surface area contributed by atoms with Gasteiger partial charge in [0.1, 0.15) is 0 Å². The van der Waals surface area contributed by atoms with E-state index < -0.39 is 5.41 Å². The largest absolute Gasteiger partial charge is 0.310 e. The molecule has 0 unspecified atom stereocenters. The van der Waals surface area contributed by atoms with Gasteiger partial charge in [-0.05, 0) is 103 Å². The SMILES string of the molecule is c1ccc(C2(c3ccccc3)c3ccccc3-c3ccc(N(c4ccc(-c5cccc6ccccc56)cc4)c4ccccc4-c4ccc5c(c4)sc4ccccc45)cc32)cc1. The maximum atomic E-state index is 2.47. The molecule has 1 aliphatic carbocycles. The van der Waals surface area contributed by atoms with Gasteiger partial charge in [0.2, 0.25) is 0 Å². The van der Waals surface area contributed by atoms with Crippen LogP contribution in [0.4, 0.5) is 17.1 Å². The number of para-hydroxylation sites is 1. The van der Waals surface area contributed by atoms with Crippen LogP contribution in [-0.2, 0) is 5.41 Å². The van der Waals surface area contributed by atoms with E-state index in [0.717, 1.165) is 17.1 Å². The van der Waals surface area contributed by atoms with Crippen LogP contribution < -0.4 is 4.90 Å².